The van der Waals surface area contributed by atoms with Gasteiger partial charge in [0.05, 0.1) is 4.90 Å². The van der Waals surface area contributed by atoms with E-state index in [1.807, 2.05) is 20.0 Å². The molecule has 4 nitrogen and oxygen atoms in total. The van der Waals surface area contributed by atoms with Gasteiger partial charge >= 0.3 is 0 Å². The van der Waals surface area contributed by atoms with Gasteiger partial charge in [0.25, 0.3) is 10.0 Å². The third kappa shape index (κ3) is 4.06. The van der Waals surface area contributed by atoms with Crippen molar-refractivity contribution >= 4 is 31.6 Å². The highest BCUT2D eigenvalue weighted by Gasteiger charge is 2.15. The van der Waals surface area contributed by atoms with Crippen LogP contribution in [-0.4, -0.2) is 15.5 Å². The van der Waals surface area contributed by atoms with Gasteiger partial charge in [-0.3, -0.25) is 4.72 Å². The van der Waals surface area contributed by atoms with E-state index < -0.39 is 10.0 Å². The Hall–Kier alpha value is -1.37. The summed E-state index contributed by atoms with van der Waals surface area (Å²) in [5, 5.41) is 3.10. The predicted octanol–water partition coefficient (Wildman–Crippen LogP) is 3.53. The summed E-state index contributed by atoms with van der Waals surface area (Å²) in [5.41, 5.74) is 1.46. The molecule has 1 unspecified atom stereocenters. The van der Waals surface area contributed by atoms with Crippen LogP contribution < -0.4 is 10.0 Å². The van der Waals surface area contributed by atoms with Crippen molar-refractivity contribution in [1.82, 2.24) is 5.32 Å². The highest BCUT2D eigenvalue weighted by atomic mass is 79.9. The molecule has 2 aromatic carbocycles. The molecule has 0 saturated carbocycles. The van der Waals surface area contributed by atoms with Crippen LogP contribution in [0.3, 0.4) is 0 Å². The quantitative estimate of drug-likeness (QED) is 0.848. The molecule has 0 saturated heterocycles. The molecular weight excluding hydrogens is 352 g/mol. The van der Waals surface area contributed by atoms with Gasteiger partial charge in [-0.25, -0.2) is 8.42 Å². The smallest absolute Gasteiger partial charge is 0.261 e. The van der Waals surface area contributed by atoms with E-state index in [0.29, 0.717) is 5.69 Å². The zero-order chi connectivity index (χ0) is 15.5. The lowest BCUT2D eigenvalue weighted by Gasteiger charge is -2.13. The lowest BCUT2D eigenvalue weighted by atomic mass is 10.1. The second-order valence-electron chi connectivity index (χ2n) is 4.70. The highest BCUT2D eigenvalue weighted by Crippen LogP contribution is 2.21. The number of anilines is 1. The summed E-state index contributed by atoms with van der Waals surface area (Å²) in [6.07, 6.45) is 0. The van der Waals surface area contributed by atoms with Gasteiger partial charge < -0.3 is 5.32 Å². The number of rotatable bonds is 5. The molecule has 0 fully saturated rings. The van der Waals surface area contributed by atoms with E-state index in [0.717, 1.165) is 10.0 Å². The van der Waals surface area contributed by atoms with Gasteiger partial charge in [0.2, 0.25) is 0 Å². The Labute approximate surface area is 133 Å². The second-order valence-corrected chi connectivity index (χ2v) is 7.29. The Morgan fingerprint density at radius 3 is 2.38 bits per heavy atom. The zero-order valence-electron chi connectivity index (χ0n) is 11.8. The van der Waals surface area contributed by atoms with E-state index in [4.69, 9.17) is 0 Å². The Balaban J connectivity index is 2.29. The van der Waals surface area contributed by atoms with Gasteiger partial charge in [-0.15, -0.1) is 0 Å². The first-order valence-electron chi connectivity index (χ1n) is 6.48. The average molecular weight is 369 g/mol. The van der Waals surface area contributed by atoms with Crippen molar-refractivity contribution in [3.63, 3.8) is 0 Å². The summed E-state index contributed by atoms with van der Waals surface area (Å²) in [6.45, 7) is 1.98. The van der Waals surface area contributed by atoms with Crippen LogP contribution >= 0.6 is 15.9 Å². The minimum Gasteiger partial charge on any atom is -0.313 e. The van der Waals surface area contributed by atoms with Crippen molar-refractivity contribution in [3.05, 3.63) is 58.6 Å². The van der Waals surface area contributed by atoms with E-state index in [1.54, 1.807) is 42.5 Å². The third-order valence-electron chi connectivity index (χ3n) is 3.20. The molecule has 2 aromatic rings. The summed E-state index contributed by atoms with van der Waals surface area (Å²) < 4.78 is 28.3. The predicted molar refractivity (Wildman–Crippen MR) is 88.9 cm³/mol. The second kappa shape index (κ2) is 6.60. The van der Waals surface area contributed by atoms with Crippen molar-refractivity contribution < 1.29 is 8.42 Å². The van der Waals surface area contributed by atoms with Gasteiger partial charge in [-0.05, 0) is 55.9 Å². The number of halogens is 1. The monoisotopic (exact) mass is 368 g/mol. The van der Waals surface area contributed by atoms with Crippen LogP contribution in [-0.2, 0) is 10.0 Å². The summed E-state index contributed by atoms with van der Waals surface area (Å²) in [5.74, 6) is 0. The molecule has 0 aliphatic rings. The van der Waals surface area contributed by atoms with Crippen molar-refractivity contribution in [1.29, 1.82) is 0 Å². The fourth-order valence-electron chi connectivity index (χ4n) is 1.85. The number of nitrogens with one attached hydrogen (secondary N) is 2. The molecule has 2 N–H and O–H groups in total. The van der Waals surface area contributed by atoms with E-state index in [-0.39, 0.29) is 10.9 Å². The lowest BCUT2D eigenvalue weighted by molar-refractivity contribution is 0.600. The lowest BCUT2D eigenvalue weighted by Crippen LogP contribution is -2.15. The third-order valence-corrected chi connectivity index (χ3v) is 5.11. The van der Waals surface area contributed by atoms with Crippen LogP contribution in [0.1, 0.15) is 18.5 Å². The maximum absolute atomic E-state index is 12.4. The summed E-state index contributed by atoms with van der Waals surface area (Å²) >= 11 is 3.32. The molecule has 0 radical (unpaired) electrons. The molecule has 0 aliphatic heterocycles. The van der Waals surface area contributed by atoms with Crippen LogP contribution in [0.4, 0.5) is 5.69 Å². The van der Waals surface area contributed by atoms with Gasteiger partial charge in [0.1, 0.15) is 0 Å². The summed E-state index contributed by atoms with van der Waals surface area (Å²) in [4.78, 5) is 0.255. The van der Waals surface area contributed by atoms with Crippen molar-refractivity contribution in [2.75, 3.05) is 11.8 Å². The number of hydrogen-bond donors (Lipinski definition) is 2. The first-order valence-corrected chi connectivity index (χ1v) is 8.75. The van der Waals surface area contributed by atoms with Crippen LogP contribution in [0.15, 0.2) is 57.9 Å². The molecule has 112 valence electrons. The van der Waals surface area contributed by atoms with Crippen LogP contribution in [0.2, 0.25) is 0 Å². The molecule has 0 bridgehead atoms. The van der Waals surface area contributed by atoms with E-state index >= 15 is 0 Å². The molecule has 6 heteroatoms. The molecule has 0 spiro atoms. The molecule has 0 amide bonds. The van der Waals surface area contributed by atoms with Crippen molar-refractivity contribution in [3.8, 4) is 0 Å². The van der Waals surface area contributed by atoms with Gasteiger partial charge in [-0.2, -0.15) is 0 Å². The van der Waals surface area contributed by atoms with Crippen molar-refractivity contribution in [2.45, 2.75) is 17.9 Å². The molecule has 21 heavy (non-hydrogen) atoms. The molecular formula is C15H17BrN2O2S. The van der Waals surface area contributed by atoms with Gasteiger partial charge in [0.15, 0.2) is 0 Å². The average Bonchev–Trinajstić information content (AvgIpc) is 2.49. The number of sulfonamides is 1. The molecule has 2 rings (SSSR count). The zero-order valence-corrected chi connectivity index (χ0v) is 14.2. The number of benzene rings is 2. The molecule has 0 aliphatic carbocycles. The topological polar surface area (TPSA) is 58.2 Å². The summed E-state index contributed by atoms with van der Waals surface area (Å²) in [7, 11) is -1.74. The fourth-order valence-corrected chi connectivity index (χ4v) is 3.23. The standard InChI is InChI=1S/C15H17BrN2O2S/c1-11(17-2)12-4-3-5-15(10-12)21(19,20)18-14-8-6-13(16)7-9-14/h3-11,17-18H,1-2H3. The highest BCUT2D eigenvalue weighted by molar-refractivity contribution is 9.10. The van der Waals surface area contributed by atoms with Gasteiger partial charge in [0, 0.05) is 16.2 Å². The Kier molecular flexibility index (Phi) is 5.03. The SMILES string of the molecule is CNC(C)c1cccc(S(=O)(=O)Nc2ccc(Br)cc2)c1. The minimum absolute atomic E-state index is 0.0906. The minimum atomic E-state index is -3.58. The van der Waals surface area contributed by atoms with Crippen molar-refractivity contribution in [2.24, 2.45) is 0 Å². The Morgan fingerprint density at radius 1 is 1.10 bits per heavy atom. The van der Waals surface area contributed by atoms with E-state index in [9.17, 15) is 8.42 Å². The molecule has 0 aromatic heterocycles. The first-order chi connectivity index (χ1) is 9.92. The van der Waals surface area contributed by atoms with E-state index in [2.05, 4.69) is 26.0 Å². The largest absolute Gasteiger partial charge is 0.313 e. The maximum Gasteiger partial charge on any atom is 0.261 e. The van der Waals surface area contributed by atoms with Crippen LogP contribution in [0, 0.1) is 0 Å². The first kappa shape index (κ1) is 16.0. The summed E-state index contributed by atoms with van der Waals surface area (Å²) in [6, 6.07) is 14.0. The molecule has 0 heterocycles. The molecule has 1 atom stereocenters. The van der Waals surface area contributed by atoms with Gasteiger partial charge in [-0.1, -0.05) is 28.1 Å². The Morgan fingerprint density at radius 2 is 1.76 bits per heavy atom. The normalized spacial score (nSPS) is 12.9. The Bertz CT molecular complexity index is 715. The number of hydrogen-bond acceptors (Lipinski definition) is 3. The fraction of sp³-hybridized carbons (Fsp3) is 0.200. The van der Waals surface area contributed by atoms with Crippen LogP contribution in [0.5, 0.6) is 0 Å². The van der Waals surface area contributed by atoms with E-state index in [1.165, 1.54) is 0 Å². The van der Waals surface area contributed by atoms with Crippen LogP contribution in [0.25, 0.3) is 0 Å². The maximum atomic E-state index is 12.4.